The summed E-state index contributed by atoms with van der Waals surface area (Å²) in [5.41, 5.74) is 6.37. The van der Waals surface area contributed by atoms with Crippen molar-refractivity contribution in [1.82, 2.24) is 20.2 Å². The van der Waals surface area contributed by atoms with Gasteiger partial charge in [0.25, 0.3) is 0 Å². The van der Waals surface area contributed by atoms with Crippen LogP contribution in [0.1, 0.15) is 62.5 Å². The van der Waals surface area contributed by atoms with Crippen LogP contribution in [0, 0.1) is 5.92 Å². The zero-order chi connectivity index (χ0) is 24.3. The zero-order valence-electron chi connectivity index (χ0n) is 21.5. The van der Waals surface area contributed by atoms with E-state index >= 15 is 0 Å². The normalized spacial score (nSPS) is 29.4. The summed E-state index contributed by atoms with van der Waals surface area (Å²) in [6.45, 7) is 10.7. The third-order valence-electron chi connectivity index (χ3n) is 8.93. The molecule has 2 atom stereocenters. The molecule has 2 aromatic carbocycles. The van der Waals surface area contributed by atoms with E-state index in [1.807, 2.05) is 0 Å². The molecule has 4 fully saturated rings. The van der Waals surface area contributed by atoms with E-state index in [1.165, 1.54) is 49.9 Å². The van der Waals surface area contributed by atoms with Gasteiger partial charge in [0.15, 0.2) is 0 Å². The summed E-state index contributed by atoms with van der Waals surface area (Å²) in [5, 5.41) is 2.31. The van der Waals surface area contributed by atoms with Crippen molar-refractivity contribution in [3.63, 3.8) is 0 Å². The Balaban J connectivity index is 1.51. The fraction of sp³-hybridized carbons (Fsp3) is 0.567. The predicted octanol–water partition coefficient (Wildman–Crippen LogP) is 4.49. The number of likely N-dealkylation sites (N-methyl/N-ethyl adjacent to an activating group) is 1. The first-order chi connectivity index (χ1) is 17.1. The average molecular weight is 475 g/mol. The molecule has 0 radical (unpaired) electrons. The van der Waals surface area contributed by atoms with Crippen LogP contribution in [0.3, 0.4) is 0 Å². The number of fused-ring (bicyclic) bond motifs is 4. The number of nitrogens with zero attached hydrogens (tertiary/aromatic N) is 3. The largest absolute Gasteiger partial charge is 0.296 e. The smallest absolute Gasteiger partial charge is 0.248 e. The second-order valence-electron chi connectivity index (χ2n) is 10.9. The van der Waals surface area contributed by atoms with Crippen LogP contribution in [0.25, 0.3) is 0 Å². The Hall–Kier alpha value is -2.21. The lowest BCUT2D eigenvalue weighted by Crippen LogP contribution is -2.58. The third kappa shape index (κ3) is 5.18. The minimum atomic E-state index is 0.0764. The molecule has 188 valence electrons. The van der Waals surface area contributed by atoms with Gasteiger partial charge in [-0.15, -0.1) is 0 Å². The highest BCUT2D eigenvalue weighted by Gasteiger charge is 2.54. The number of benzene rings is 2. The van der Waals surface area contributed by atoms with Gasteiger partial charge in [-0.1, -0.05) is 74.5 Å². The predicted molar refractivity (Wildman–Crippen MR) is 142 cm³/mol. The van der Waals surface area contributed by atoms with Crippen molar-refractivity contribution in [1.29, 1.82) is 0 Å². The van der Waals surface area contributed by atoms with E-state index in [1.54, 1.807) is 0 Å². The molecule has 2 aromatic rings. The van der Waals surface area contributed by atoms with Gasteiger partial charge in [0.1, 0.15) is 0 Å². The molecule has 2 unspecified atom stereocenters. The van der Waals surface area contributed by atoms with Gasteiger partial charge in [0.05, 0.1) is 6.54 Å². The Morgan fingerprint density at radius 3 is 1.97 bits per heavy atom. The molecule has 5 nitrogen and oxygen atoms in total. The maximum absolute atomic E-state index is 13.1. The maximum Gasteiger partial charge on any atom is 0.248 e. The molecule has 1 N–H and O–H groups in total. The van der Waals surface area contributed by atoms with Crippen LogP contribution in [0.5, 0.6) is 0 Å². The molecule has 3 aliphatic heterocycles. The summed E-state index contributed by atoms with van der Waals surface area (Å²) < 4.78 is 0. The molecule has 2 bridgehead atoms. The second-order valence-corrected chi connectivity index (χ2v) is 10.9. The van der Waals surface area contributed by atoms with Gasteiger partial charge in [-0.3, -0.25) is 20.0 Å². The number of amides is 1. The van der Waals surface area contributed by atoms with E-state index in [2.05, 4.69) is 94.7 Å². The molecule has 35 heavy (non-hydrogen) atoms. The van der Waals surface area contributed by atoms with E-state index in [-0.39, 0.29) is 11.4 Å². The summed E-state index contributed by atoms with van der Waals surface area (Å²) in [5.74, 6) is 1.56. The van der Waals surface area contributed by atoms with E-state index in [0.717, 1.165) is 26.2 Å². The van der Waals surface area contributed by atoms with Gasteiger partial charge in [-0.05, 0) is 80.7 Å². The molecule has 0 spiro atoms. The van der Waals surface area contributed by atoms with Crippen molar-refractivity contribution in [2.75, 3.05) is 45.8 Å². The minimum Gasteiger partial charge on any atom is -0.296 e. The van der Waals surface area contributed by atoms with Crippen LogP contribution < -0.4 is 5.43 Å². The number of hydrazine groups is 1. The fourth-order valence-electron chi connectivity index (χ4n) is 7.17. The molecule has 1 aliphatic carbocycles. The third-order valence-corrected chi connectivity index (χ3v) is 8.93. The lowest BCUT2D eigenvalue weighted by molar-refractivity contribution is -0.127. The van der Waals surface area contributed by atoms with E-state index in [0.29, 0.717) is 24.3 Å². The summed E-state index contributed by atoms with van der Waals surface area (Å²) in [7, 11) is 0. The molecule has 6 rings (SSSR count). The highest BCUT2D eigenvalue weighted by molar-refractivity contribution is 5.77. The van der Waals surface area contributed by atoms with Gasteiger partial charge in [-0.25, -0.2) is 5.01 Å². The number of hydrogen-bond acceptors (Lipinski definition) is 4. The van der Waals surface area contributed by atoms with Crippen LogP contribution in [0.4, 0.5) is 0 Å². The first-order valence-electron chi connectivity index (χ1n) is 13.7. The van der Waals surface area contributed by atoms with Crippen molar-refractivity contribution in [2.24, 2.45) is 5.92 Å². The minimum absolute atomic E-state index is 0.0764. The number of nitrogens with one attached hydrogen (secondary N) is 1. The lowest BCUT2D eigenvalue weighted by atomic mass is 9.61. The van der Waals surface area contributed by atoms with E-state index in [4.69, 9.17) is 0 Å². The number of rotatable bonds is 8. The lowest BCUT2D eigenvalue weighted by Gasteiger charge is -2.50. The highest BCUT2D eigenvalue weighted by atomic mass is 16.2. The van der Waals surface area contributed by atoms with E-state index in [9.17, 15) is 4.79 Å². The molecule has 1 saturated carbocycles. The first kappa shape index (κ1) is 24.5. The summed E-state index contributed by atoms with van der Waals surface area (Å²) in [6.07, 6.45) is 4.91. The topological polar surface area (TPSA) is 38.8 Å². The molecular weight excluding hydrogens is 432 g/mol. The number of likely N-dealkylation sites (tertiary alicyclic amines) is 1. The maximum atomic E-state index is 13.1. The van der Waals surface area contributed by atoms with Crippen molar-refractivity contribution in [3.05, 3.63) is 71.8 Å². The summed E-state index contributed by atoms with van der Waals surface area (Å²) >= 11 is 0. The fourth-order valence-corrected chi connectivity index (χ4v) is 7.17. The molecule has 3 saturated heterocycles. The Morgan fingerprint density at radius 2 is 1.46 bits per heavy atom. The number of carbonyl (C=O) groups is 1. The van der Waals surface area contributed by atoms with Crippen LogP contribution in [-0.2, 0) is 4.79 Å². The van der Waals surface area contributed by atoms with Crippen LogP contribution >= 0.6 is 0 Å². The van der Waals surface area contributed by atoms with Gasteiger partial charge in [0.2, 0.25) is 5.91 Å². The Kier molecular flexibility index (Phi) is 7.56. The first-order valence-corrected chi connectivity index (χ1v) is 13.7. The molecule has 3 heterocycles. The van der Waals surface area contributed by atoms with Crippen molar-refractivity contribution < 1.29 is 4.79 Å². The highest BCUT2D eigenvalue weighted by Crippen LogP contribution is 2.54. The Morgan fingerprint density at radius 1 is 0.914 bits per heavy atom. The summed E-state index contributed by atoms with van der Waals surface area (Å²) in [6, 6.07) is 22.3. The Bertz CT molecular complexity index is 905. The molecule has 4 aliphatic rings. The van der Waals surface area contributed by atoms with Gasteiger partial charge < -0.3 is 0 Å². The monoisotopic (exact) mass is 474 g/mol. The van der Waals surface area contributed by atoms with Crippen molar-refractivity contribution >= 4 is 5.91 Å². The SMILES string of the molecule is CCN(CC)CC(=O)NN1CC2C(c3ccccc3)CC(N3CCCC3)(CC2c2ccccc2)C1. The van der Waals surface area contributed by atoms with Crippen molar-refractivity contribution in [3.8, 4) is 0 Å². The Labute approximate surface area is 211 Å². The van der Waals surface area contributed by atoms with E-state index < -0.39 is 0 Å². The standard InChI is InChI=1S/C30H42N4O/c1-3-32(4-2)22-29(35)31-34-21-28-26(24-13-7-5-8-14-24)19-30(23-34,33-17-11-12-18-33)20-27(28)25-15-9-6-10-16-25/h5-10,13-16,26-28H,3-4,11-12,17-23H2,1-2H3,(H,31,35). The molecular formula is C30H42N4O. The van der Waals surface area contributed by atoms with Crippen LogP contribution in [-0.4, -0.2) is 72.1 Å². The van der Waals surface area contributed by atoms with Crippen LogP contribution in [0.2, 0.25) is 0 Å². The zero-order valence-corrected chi connectivity index (χ0v) is 21.5. The van der Waals surface area contributed by atoms with Crippen LogP contribution in [0.15, 0.2) is 60.7 Å². The van der Waals surface area contributed by atoms with Crippen molar-refractivity contribution in [2.45, 2.75) is 56.9 Å². The molecule has 5 heteroatoms. The van der Waals surface area contributed by atoms with Gasteiger partial charge in [-0.2, -0.15) is 0 Å². The second kappa shape index (κ2) is 10.8. The van der Waals surface area contributed by atoms with Gasteiger partial charge >= 0.3 is 0 Å². The average Bonchev–Trinajstić information content (AvgIpc) is 3.34. The quantitative estimate of drug-likeness (QED) is 0.612. The summed E-state index contributed by atoms with van der Waals surface area (Å²) in [4.78, 5) is 18.1. The molecule has 1 amide bonds. The number of hydrogen-bond donors (Lipinski definition) is 1. The van der Waals surface area contributed by atoms with Gasteiger partial charge in [0, 0.05) is 18.6 Å². The molecule has 0 aromatic heterocycles. The number of carbonyl (C=O) groups excluding carboxylic acids is 1.